The van der Waals surface area contributed by atoms with E-state index in [2.05, 4.69) is 52.0 Å². The molecule has 20 heavy (non-hydrogen) atoms. The maximum Gasteiger partial charge on any atom is 0.0705 e. The summed E-state index contributed by atoms with van der Waals surface area (Å²) in [4.78, 5) is 4.70. The zero-order valence-electron chi connectivity index (χ0n) is 13.1. The van der Waals surface area contributed by atoms with E-state index in [4.69, 9.17) is 10.7 Å². The predicted molar refractivity (Wildman–Crippen MR) is 86.7 cm³/mol. The zero-order chi connectivity index (χ0) is 14.8. The number of nitrogens with zero attached hydrogens (tertiary/aromatic N) is 1. The van der Waals surface area contributed by atoms with Gasteiger partial charge < -0.3 is 5.73 Å². The highest BCUT2D eigenvalue weighted by molar-refractivity contribution is 5.78. The summed E-state index contributed by atoms with van der Waals surface area (Å²) < 4.78 is 0. The van der Waals surface area contributed by atoms with Gasteiger partial charge in [0.15, 0.2) is 0 Å². The lowest BCUT2D eigenvalue weighted by Gasteiger charge is -2.29. The van der Waals surface area contributed by atoms with Crippen molar-refractivity contribution < 1.29 is 0 Å². The van der Waals surface area contributed by atoms with Crippen molar-refractivity contribution in [1.82, 2.24) is 4.98 Å². The molecule has 2 heteroatoms. The van der Waals surface area contributed by atoms with Crippen LogP contribution in [0, 0.1) is 11.3 Å². The molecule has 0 saturated carbocycles. The number of para-hydroxylation sites is 1. The minimum absolute atomic E-state index is 0.179. The van der Waals surface area contributed by atoms with Crippen LogP contribution in [0.15, 0.2) is 36.4 Å². The number of hydrogen-bond acceptors (Lipinski definition) is 2. The third-order valence-electron chi connectivity index (χ3n) is 4.26. The molecular formula is C18H26N2. The number of nitrogens with two attached hydrogens (primary N) is 1. The largest absolute Gasteiger partial charge is 0.327 e. The van der Waals surface area contributed by atoms with Gasteiger partial charge in [-0.15, -0.1) is 0 Å². The third-order valence-corrected chi connectivity index (χ3v) is 4.26. The molecule has 1 aromatic carbocycles. The van der Waals surface area contributed by atoms with E-state index in [-0.39, 0.29) is 6.04 Å². The summed E-state index contributed by atoms with van der Waals surface area (Å²) in [6.45, 7) is 9.11. The van der Waals surface area contributed by atoms with Gasteiger partial charge >= 0.3 is 0 Å². The molecule has 0 aliphatic heterocycles. The molecule has 2 aromatic rings. The fourth-order valence-corrected chi connectivity index (χ4v) is 2.38. The van der Waals surface area contributed by atoms with Gasteiger partial charge in [0.2, 0.25) is 0 Å². The van der Waals surface area contributed by atoms with Crippen molar-refractivity contribution in [2.24, 2.45) is 17.1 Å². The quantitative estimate of drug-likeness (QED) is 0.905. The number of benzene rings is 1. The summed E-state index contributed by atoms with van der Waals surface area (Å²) in [5.41, 5.74) is 8.77. The minimum atomic E-state index is 0.179. The highest BCUT2D eigenvalue weighted by atomic mass is 14.7. The lowest BCUT2D eigenvalue weighted by molar-refractivity contribution is 0.232. The standard InChI is InChI=1S/C18H26N2/c1-13(18(2,3)4)11-15(19)12-16-10-9-14-7-5-6-8-17(14)20-16/h5-10,13,15H,11-12,19H2,1-4H3. The Balaban J connectivity index is 2.04. The second-order valence-corrected chi connectivity index (χ2v) is 6.96. The van der Waals surface area contributed by atoms with Crippen molar-refractivity contribution >= 4 is 10.9 Å². The Morgan fingerprint density at radius 3 is 2.50 bits per heavy atom. The number of pyridine rings is 1. The highest BCUT2D eigenvalue weighted by Crippen LogP contribution is 2.29. The van der Waals surface area contributed by atoms with E-state index in [1.54, 1.807) is 0 Å². The molecule has 2 nitrogen and oxygen atoms in total. The average Bonchev–Trinajstić information content (AvgIpc) is 2.37. The van der Waals surface area contributed by atoms with Crippen LogP contribution in [0.1, 0.15) is 39.8 Å². The van der Waals surface area contributed by atoms with Crippen molar-refractivity contribution in [3.8, 4) is 0 Å². The van der Waals surface area contributed by atoms with Gasteiger partial charge in [0.05, 0.1) is 5.52 Å². The molecule has 2 atom stereocenters. The van der Waals surface area contributed by atoms with Crippen molar-refractivity contribution in [3.05, 3.63) is 42.1 Å². The molecule has 0 spiro atoms. The molecule has 1 aromatic heterocycles. The van der Waals surface area contributed by atoms with Gasteiger partial charge in [0.1, 0.15) is 0 Å². The number of fused-ring (bicyclic) bond motifs is 1. The summed E-state index contributed by atoms with van der Waals surface area (Å²) in [5, 5.41) is 1.19. The molecule has 1 heterocycles. The Bertz CT molecular complexity index is 569. The van der Waals surface area contributed by atoms with Crippen LogP contribution < -0.4 is 5.73 Å². The SMILES string of the molecule is CC(CC(N)Cc1ccc2ccccc2n1)C(C)(C)C. The molecule has 0 aliphatic rings. The monoisotopic (exact) mass is 270 g/mol. The van der Waals surface area contributed by atoms with Gasteiger partial charge in [-0.25, -0.2) is 0 Å². The van der Waals surface area contributed by atoms with Crippen LogP contribution >= 0.6 is 0 Å². The Morgan fingerprint density at radius 1 is 1.10 bits per heavy atom. The smallest absolute Gasteiger partial charge is 0.0705 e. The molecule has 0 radical (unpaired) electrons. The fraction of sp³-hybridized carbons (Fsp3) is 0.500. The Kier molecular flexibility index (Phi) is 4.44. The van der Waals surface area contributed by atoms with Gasteiger partial charge in [0, 0.05) is 23.5 Å². The van der Waals surface area contributed by atoms with Gasteiger partial charge in [-0.3, -0.25) is 4.98 Å². The minimum Gasteiger partial charge on any atom is -0.327 e. The molecule has 2 unspecified atom stereocenters. The van der Waals surface area contributed by atoms with Crippen molar-refractivity contribution in [1.29, 1.82) is 0 Å². The van der Waals surface area contributed by atoms with Gasteiger partial charge in [0.25, 0.3) is 0 Å². The first-order valence-corrected chi connectivity index (χ1v) is 7.46. The van der Waals surface area contributed by atoms with Crippen LogP contribution in [0.3, 0.4) is 0 Å². The molecule has 0 aliphatic carbocycles. The van der Waals surface area contributed by atoms with Crippen molar-refractivity contribution in [2.75, 3.05) is 0 Å². The first-order chi connectivity index (χ1) is 9.36. The molecule has 2 N–H and O–H groups in total. The number of hydrogen-bond donors (Lipinski definition) is 1. The third kappa shape index (κ3) is 3.80. The van der Waals surface area contributed by atoms with E-state index in [0.29, 0.717) is 11.3 Å². The number of rotatable bonds is 4. The summed E-state index contributed by atoms with van der Waals surface area (Å²) in [6.07, 6.45) is 1.89. The van der Waals surface area contributed by atoms with Crippen LogP contribution in [0.25, 0.3) is 10.9 Å². The molecule has 108 valence electrons. The van der Waals surface area contributed by atoms with Crippen LogP contribution in [-0.2, 0) is 6.42 Å². The van der Waals surface area contributed by atoms with Crippen LogP contribution in [0.4, 0.5) is 0 Å². The summed E-state index contributed by atoms with van der Waals surface area (Å²) >= 11 is 0. The maximum atomic E-state index is 6.31. The summed E-state index contributed by atoms with van der Waals surface area (Å²) in [6, 6.07) is 12.6. The van der Waals surface area contributed by atoms with E-state index in [1.165, 1.54) is 5.39 Å². The predicted octanol–water partition coefficient (Wildman–Crippen LogP) is 4.18. The first kappa shape index (κ1) is 15.0. The highest BCUT2D eigenvalue weighted by Gasteiger charge is 2.22. The van der Waals surface area contributed by atoms with Gasteiger partial charge in [-0.2, -0.15) is 0 Å². The lowest BCUT2D eigenvalue weighted by Crippen LogP contribution is -2.30. The maximum absolute atomic E-state index is 6.31. The van der Waals surface area contributed by atoms with Crippen molar-refractivity contribution in [2.45, 2.75) is 46.6 Å². The summed E-state index contributed by atoms with van der Waals surface area (Å²) in [5.74, 6) is 0.609. The van der Waals surface area contributed by atoms with E-state index in [1.807, 2.05) is 12.1 Å². The van der Waals surface area contributed by atoms with Crippen LogP contribution in [0.5, 0.6) is 0 Å². The van der Waals surface area contributed by atoms with Crippen LogP contribution in [0.2, 0.25) is 0 Å². The number of aromatic nitrogens is 1. The molecule has 0 saturated heterocycles. The van der Waals surface area contributed by atoms with Crippen molar-refractivity contribution in [3.63, 3.8) is 0 Å². The second-order valence-electron chi connectivity index (χ2n) is 6.96. The topological polar surface area (TPSA) is 38.9 Å². The molecular weight excluding hydrogens is 244 g/mol. The lowest BCUT2D eigenvalue weighted by atomic mass is 9.78. The average molecular weight is 270 g/mol. The fourth-order valence-electron chi connectivity index (χ4n) is 2.38. The zero-order valence-corrected chi connectivity index (χ0v) is 13.1. The molecule has 0 amide bonds. The van der Waals surface area contributed by atoms with Gasteiger partial charge in [-0.05, 0) is 29.9 Å². The van der Waals surface area contributed by atoms with E-state index in [9.17, 15) is 0 Å². The Labute approximate surface area is 122 Å². The Morgan fingerprint density at radius 2 is 1.80 bits per heavy atom. The molecule has 0 bridgehead atoms. The second kappa shape index (κ2) is 5.92. The summed E-state index contributed by atoms with van der Waals surface area (Å²) in [7, 11) is 0. The van der Waals surface area contributed by atoms with E-state index in [0.717, 1.165) is 24.1 Å². The van der Waals surface area contributed by atoms with E-state index < -0.39 is 0 Å². The first-order valence-electron chi connectivity index (χ1n) is 7.46. The van der Waals surface area contributed by atoms with E-state index >= 15 is 0 Å². The van der Waals surface area contributed by atoms with Gasteiger partial charge in [-0.1, -0.05) is 52.0 Å². The normalized spacial score (nSPS) is 15.2. The molecule has 2 rings (SSSR count). The molecule has 0 fully saturated rings. The Hall–Kier alpha value is -1.41. The van der Waals surface area contributed by atoms with Crippen LogP contribution in [-0.4, -0.2) is 11.0 Å².